The maximum Gasteiger partial charge on any atom is 0.230 e. The van der Waals surface area contributed by atoms with Gasteiger partial charge in [0.2, 0.25) is 5.71 Å². The molecule has 0 bridgehead atoms. The molecule has 0 radical (unpaired) electrons. The number of furan rings is 1. The number of hydrogen-bond acceptors (Lipinski definition) is 4. The van der Waals surface area contributed by atoms with Gasteiger partial charge in [0.1, 0.15) is 6.33 Å². The fourth-order valence-electron chi connectivity index (χ4n) is 1.56. The molecule has 4 heteroatoms. The van der Waals surface area contributed by atoms with Crippen LogP contribution in [0.1, 0.15) is 0 Å². The van der Waals surface area contributed by atoms with Crippen LogP contribution in [0.3, 0.4) is 0 Å². The molecule has 2 heterocycles. The lowest BCUT2D eigenvalue weighted by atomic mass is 10.2. The summed E-state index contributed by atoms with van der Waals surface area (Å²) in [7, 11) is 0. The van der Waals surface area contributed by atoms with Crippen LogP contribution in [0.25, 0.3) is 22.1 Å². The van der Waals surface area contributed by atoms with E-state index in [9.17, 15) is 0 Å². The predicted octanol–water partition coefficient (Wildman–Crippen LogP) is 1.96. The van der Waals surface area contributed by atoms with Gasteiger partial charge in [0.15, 0.2) is 5.58 Å². The Hall–Kier alpha value is -2.10. The Morgan fingerprint density at radius 1 is 1.21 bits per heavy atom. The first kappa shape index (κ1) is 7.32. The van der Waals surface area contributed by atoms with Crippen LogP contribution in [0.5, 0.6) is 0 Å². The van der Waals surface area contributed by atoms with Crippen LogP contribution in [0, 0.1) is 0 Å². The summed E-state index contributed by atoms with van der Waals surface area (Å²) in [5.74, 6) is 0. The average Bonchev–Trinajstić information content (AvgIpc) is 2.59. The molecule has 68 valence electrons. The molecule has 3 aromatic rings. The highest BCUT2D eigenvalue weighted by molar-refractivity contribution is 6.06. The number of benzene rings is 1. The van der Waals surface area contributed by atoms with Crippen LogP contribution in [0.4, 0.5) is 5.69 Å². The Morgan fingerprint density at radius 2 is 2.14 bits per heavy atom. The van der Waals surface area contributed by atoms with Crippen LogP contribution in [-0.2, 0) is 0 Å². The van der Waals surface area contributed by atoms with Crippen molar-refractivity contribution in [2.24, 2.45) is 0 Å². The van der Waals surface area contributed by atoms with E-state index in [1.165, 1.54) is 6.33 Å². The van der Waals surface area contributed by atoms with E-state index < -0.39 is 0 Å². The molecule has 0 aliphatic rings. The highest BCUT2D eigenvalue weighted by atomic mass is 16.3. The molecule has 0 atom stereocenters. The zero-order valence-electron chi connectivity index (χ0n) is 7.27. The number of para-hydroxylation sites is 1. The van der Waals surface area contributed by atoms with Gasteiger partial charge in [-0.3, -0.25) is 0 Å². The third-order valence-electron chi connectivity index (χ3n) is 2.21. The van der Waals surface area contributed by atoms with Crippen LogP contribution in [0.2, 0.25) is 0 Å². The fraction of sp³-hybridized carbons (Fsp3) is 0. The molecular formula is C10H7N3O. The van der Waals surface area contributed by atoms with Gasteiger partial charge in [-0.25, -0.2) is 9.97 Å². The number of hydrogen-bond donors (Lipinski definition) is 1. The minimum absolute atomic E-state index is 0.577. The van der Waals surface area contributed by atoms with Crippen molar-refractivity contribution in [3.8, 4) is 0 Å². The Labute approximate surface area is 79.4 Å². The first-order chi connectivity index (χ1) is 6.86. The summed E-state index contributed by atoms with van der Waals surface area (Å²) in [6, 6.07) is 5.64. The third-order valence-corrected chi connectivity index (χ3v) is 2.21. The van der Waals surface area contributed by atoms with Crippen molar-refractivity contribution in [3.63, 3.8) is 0 Å². The second-order valence-corrected chi connectivity index (χ2v) is 3.07. The van der Waals surface area contributed by atoms with Gasteiger partial charge in [-0.2, -0.15) is 0 Å². The zero-order chi connectivity index (χ0) is 9.54. The Bertz CT molecular complexity index is 615. The Morgan fingerprint density at radius 3 is 3.07 bits per heavy atom. The third kappa shape index (κ3) is 0.821. The number of nitrogens with zero attached hydrogens (tertiary/aromatic N) is 2. The van der Waals surface area contributed by atoms with Crippen molar-refractivity contribution < 1.29 is 4.42 Å². The second-order valence-electron chi connectivity index (χ2n) is 3.07. The smallest absolute Gasteiger partial charge is 0.230 e. The van der Waals surface area contributed by atoms with Crippen LogP contribution < -0.4 is 5.73 Å². The molecule has 0 saturated carbocycles. The lowest BCUT2D eigenvalue weighted by molar-refractivity contribution is 0.654. The maximum absolute atomic E-state index is 5.78. The highest BCUT2D eigenvalue weighted by Crippen LogP contribution is 2.29. The molecule has 3 rings (SSSR count). The topological polar surface area (TPSA) is 64.9 Å². The lowest BCUT2D eigenvalue weighted by Gasteiger charge is -1.91. The summed E-state index contributed by atoms with van der Waals surface area (Å²) in [5.41, 5.74) is 7.66. The SMILES string of the molecule is Nc1cccc2c1oc1ncncc12. The molecule has 2 N–H and O–H groups in total. The molecule has 0 unspecified atom stereocenters. The van der Waals surface area contributed by atoms with Crippen molar-refractivity contribution in [2.75, 3.05) is 5.73 Å². The average molecular weight is 185 g/mol. The molecule has 0 fully saturated rings. The van der Waals surface area contributed by atoms with E-state index in [1.807, 2.05) is 12.1 Å². The van der Waals surface area contributed by atoms with Gasteiger partial charge >= 0.3 is 0 Å². The van der Waals surface area contributed by atoms with Crippen LogP contribution >= 0.6 is 0 Å². The molecule has 14 heavy (non-hydrogen) atoms. The summed E-state index contributed by atoms with van der Waals surface area (Å²) in [5, 5.41) is 1.86. The normalized spacial score (nSPS) is 11.1. The Balaban J connectivity index is 2.63. The number of anilines is 1. The van der Waals surface area contributed by atoms with E-state index >= 15 is 0 Å². The molecule has 0 spiro atoms. The minimum Gasteiger partial charge on any atom is -0.435 e. The van der Waals surface area contributed by atoms with Crippen LogP contribution in [0.15, 0.2) is 35.1 Å². The van der Waals surface area contributed by atoms with E-state index in [0.29, 0.717) is 17.0 Å². The molecule has 4 nitrogen and oxygen atoms in total. The summed E-state index contributed by atoms with van der Waals surface area (Å²) in [6.45, 7) is 0. The summed E-state index contributed by atoms with van der Waals surface area (Å²) in [6.07, 6.45) is 3.19. The van der Waals surface area contributed by atoms with Gasteiger partial charge < -0.3 is 10.2 Å². The van der Waals surface area contributed by atoms with E-state index in [-0.39, 0.29) is 0 Å². The molecule has 0 amide bonds. The molecule has 0 aliphatic heterocycles. The van der Waals surface area contributed by atoms with Gasteiger partial charge in [0.05, 0.1) is 11.1 Å². The Kier molecular flexibility index (Phi) is 1.28. The number of rotatable bonds is 0. The van der Waals surface area contributed by atoms with E-state index in [2.05, 4.69) is 9.97 Å². The summed E-state index contributed by atoms with van der Waals surface area (Å²) in [4.78, 5) is 7.98. The van der Waals surface area contributed by atoms with Crippen molar-refractivity contribution in [1.29, 1.82) is 0 Å². The summed E-state index contributed by atoms with van der Waals surface area (Å²) >= 11 is 0. The van der Waals surface area contributed by atoms with Crippen molar-refractivity contribution in [3.05, 3.63) is 30.7 Å². The first-order valence-corrected chi connectivity index (χ1v) is 4.23. The quantitative estimate of drug-likeness (QED) is 0.543. The number of nitrogen functional groups attached to an aromatic ring is 1. The summed E-state index contributed by atoms with van der Waals surface area (Å²) < 4.78 is 5.51. The van der Waals surface area contributed by atoms with Gasteiger partial charge in [-0.05, 0) is 6.07 Å². The van der Waals surface area contributed by atoms with Crippen molar-refractivity contribution in [2.45, 2.75) is 0 Å². The largest absolute Gasteiger partial charge is 0.435 e. The minimum atomic E-state index is 0.577. The number of fused-ring (bicyclic) bond motifs is 3. The van der Waals surface area contributed by atoms with E-state index in [1.54, 1.807) is 12.3 Å². The van der Waals surface area contributed by atoms with Crippen molar-refractivity contribution >= 4 is 27.8 Å². The first-order valence-electron chi connectivity index (χ1n) is 4.23. The van der Waals surface area contributed by atoms with Crippen molar-refractivity contribution in [1.82, 2.24) is 9.97 Å². The zero-order valence-corrected chi connectivity index (χ0v) is 7.27. The molecular weight excluding hydrogens is 178 g/mol. The predicted molar refractivity (Wildman–Crippen MR) is 53.7 cm³/mol. The van der Waals surface area contributed by atoms with Crippen LogP contribution in [-0.4, -0.2) is 9.97 Å². The van der Waals surface area contributed by atoms with Gasteiger partial charge in [0, 0.05) is 11.6 Å². The monoisotopic (exact) mass is 185 g/mol. The van der Waals surface area contributed by atoms with Gasteiger partial charge in [-0.1, -0.05) is 12.1 Å². The highest BCUT2D eigenvalue weighted by Gasteiger charge is 2.08. The molecule has 2 aromatic heterocycles. The number of aromatic nitrogens is 2. The second kappa shape index (κ2) is 2.45. The van der Waals surface area contributed by atoms with Gasteiger partial charge in [-0.15, -0.1) is 0 Å². The lowest BCUT2D eigenvalue weighted by Crippen LogP contribution is -1.82. The van der Waals surface area contributed by atoms with E-state index in [4.69, 9.17) is 10.2 Å². The molecule has 0 saturated heterocycles. The molecule has 0 aliphatic carbocycles. The number of nitrogens with two attached hydrogens (primary N) is 1. The standard InChI is InChI=1S/C10H7N3O/c11-8-3-1-2-6-7-4-12-5-13-10(7)14-9(6)8/h1-5H,11H2. The fourth-order valence-corrected chi connectivity index (χ4v) is 1.56. The molecule has 1 aromatic carbocycles. The maximum atomic E-state index is 5.78. The van der Waals surface area contributed by atoms with E-state index in [0.717, 1.165) is 10.8 Å². The van der Waals surface area contributed by atoms with Gasteiger partial charge in [0.25, 0.3) is 0 Å².